The molecule has 9 heteroatoms. The molecule has 3 rings (SSSR count). The zero-order valence-electron chi connectivity index (χ0n) is 14.5. The number of carbonyl (C=O) groups excluding carboxylic acids is 1. The quantitative estimate of drug-likeness (QED) is 0.840. The van der Waals surface area contributed by atoms with Crippen molar-refractivity contribution in [2.75, 3.05) is 37.6 Å². The molecule has 1 saturated carbocycles. The fourth-order valence-electron chi connectivity index (χ4n) is 3.15. The average Bonchev–Trinajstić information content (AvgIpc) is 3.39. The maximum atomic E-state index is 12.7. The van der Waals surface area contributed by atoms with Crippen molar-refractivity contribution in [3.63, 3.8) is 0 Å². The van der Waals surface area contributed by atoms with Crippen molar-refractivity contribution in [2.24, 2.45) is 5.92 Å². The lowest BCUT2D eigenvalue weighted by atomic mass is 10.2. The number of rotatable bonds is 5. The van der Waals surface area contributed by atoms with Gasteiger partial charge in [-0.2, -0.15) is 13.2 Å². The van der Waals surface area contributed by atoms with E-state index in [4.69, 9.17) is 11.6 Å². The summed E-state index contributed by atoms with van der Waals surface area (Å²) in [5, 5.41) is 3.02. The molecule has 1 aromatic rings. The number of amides is 1. The molecule has 0 aromatic carbocycles. The Bertz CT molecular complexity index is 658. The number of halogens is 4. The van der Waals surface area contributed by atoms with Crippen LogP contribution in [0.15, 0.2) is 12.3 Å². The smallest absolute Gasteiger partial charge is 0.353 e. The van der Waals surface area contributed by atoms with Gasteiger partial charge in [-0.25, -0.2) is 4.98 Å². The SMILES string of the molecule is C[C@@H](NC(=O)CN1CCN(c2ncc(C(F)(F)F)cc2Cl)CC1)C1CC1. The summed E-state index contributed by atoms with van der Waals surface area (Å²) in [4.78, 5) is 19.9. The molecule has 2 aliphatic rings. The molecular formula is C17H22ClF3N4O. The van der Waals surface area contributed by atoms with Gasteiger partial charge in [0, 0.05) is 38.4 Å². The Hall–Kier alpha value is -1.54. The van der Waals surface area contributed by atoms with Gasteiger partial charge in [-0.15, -0.1) is 0 Å². The highest BCUT2D eigenvalue weighted by molar-refractivity contribution is 6.33. The van der Waals surface area contributed by atoms with Crippen molar-refractivity contribution in [2.45, 2.75) is 32.0 Å². The number of hydrogen-bond acceptors (Lipinski definition) is 4. The predicted octanol–water partition coefficient (Wildman–Crippen LogP) is 2.79. The highest BCUT2D eigenvalue weighted by atomic mass is 35.5. The van der Waals surface area contributed by atoms with Crippen LogP contribution in [0.5, 0.6) is 0 Å². The van der Waals surface area contributed by atoms with E-state index in [1.165, 1.54) is 12.8 Å². The number of nitrogens with zero attached hydrogens (tertiary/aromatic N) is 3. The van der Waals surface area contributed by atoms with E-state index in [1.807, 2.05) is 16.7 Å². The number of carbonyl (C=O) groups is 1. The van der Waals surface area contributed by atoms with E-state index in [0.29, 0.717) is 44.5 Å². The van der Waals surface area contributed by atoms with Gasteiger partial charge < -0.3 is 10.2 Å². The molecule has 1 N–H and O–H groups in total. The van der Waals surface area contributed by atoms with E-state index in [0.717, 1.165) is 12.3 Å². The standard InChI is InChI=1S/C17H22ClF3N4O/c1-11(12-2-3-12)23-15(26)10-24-4-6-25(7-5-24)16-14(18)8-13(9-22-16)17(19,20)21/h8-9,11-12H,2-7,10H2,1H3,(H,23,26)/t11-/m1/s1. The number of alkyl halides is 3. The molecule has 1 aromatic heterocycles. The molecule has 1 aliphatic carbocycles. The third kappa shape index (κ3) is 4.79. The first-order valence-corrected chi connectivity index (χ1v) is 9.11. The van der Waals surface area contributed by atoms with Gasteiger partial charge in [-0.1, -0.05) is 11.6 Å². The van der Waals surface area contributed by atoms with Crippen LogP contribution >= 0.6 is 11.6 Å². The van der Waals surface area contributed by atoms with Gasteiger partial charge in [0.15, 0.2) is 0 Å². The molecule has 5 nitrogen and oxygen atoms in total. The third-order valence-corrected chi connectivity index (χ3v) is 5.18. The maximum absolute atomic E-state index is 12.7. The Labute approximate surface area is 155 Å². The molecule has 0 bridgehead atoms. The fraction of sp³-hybridized carbons (Fsp3) is 0.647. The monoisotopic (exact) mass is 390 g/mol. The number of pyridine rings is 1. The maximum Gasteiger partial charge on any atom is 0.417 e. The number of aromatic nitrogens is 1. The number of piperazine rings is 1. The first-order chi connectivity index (χ1) is 12.2. The molecule has 26 heavy (non-hydrogen) atoms. The summed E-state index contributed by atoms with van der Waals surface area (Å²) >= 11 is 6.00. The largest absolute Gasteiger partial charge is 0.417 e. The average molecular weight is 391 g/mol. The van der Waals surface area contributed by atoms with Crippen LogP contribution in [-0.4, -0.2) is 54.6 Å². The lowest BCUT2D eigenvalue weighted by molar-refractivity contribution is -0.137. The molecule has 0 spiro atoms. The first-order valence-electron chi connectivity index (χ1n) is 8.73. The fourth-order valence-corrected chi connectivity index (χ4v) is 3.44. The van der Waals surface area contributed by atoms with Gasteiger partial charge >= 0.3 is 6.18 Å². The van der Waals surface area contributed by atoms with Crippen LogP contribution in [0.3, 0.4) is 0 Å². The number of nitrogens with one attached hydrogen (secondary N) is 1. The van der Waals surface area contributed by atoms with Crippen molar-refractivity contribution in [1.82, 2.24) is 15.2 Å². The summed E-state index contributed by atoms with van der Waals surface area (Å²) in [5.74, 6) is 0.985. The summed E-state index contributed by atoms with van der Waals surface area (Å²) in [5.41, 5.74) is -0.855. The zero-order valence-corrected chi connectivity index (χ0v) is 15.3. The lowest BCUT2D eigenvalue weighted by Crippen LogP contribution is -2.50. The van der Waals surface area contributed by atoms with Gasteiger partial charge in [0.2, 0.25) is 5.91 Å². The summed E-state index contributed by atoms with van der Waals surface area (Å²) < 4.78 is 38.1. The molecular weight excluding hydrogens is 369 g/mol. The van der Waals surface area contributed by atoms with Crippen molar-refractivity contribution >= 4 is 23.3 Å². The van der Waals surface area contributed by atoms with Crippen LogP contribution in [0.25, 0.3) is 0 Å². The van der Waals surface area contributed by atoms with Crippen LogP contribution < -0.4 is 10.2 Å². The van der Waals surface area contributed by atoms with Gasteiger partial charge in [-0.3, -0.25) is 9.69 Å². The first kappa shape index (κ1) is 19.2. The Balaban J connectivity index is 1.51. The van der Waals surface area contributed by atoms with E-state index in [-0.39, 0.29) is 17.0 Å². The molecule has 0 unspecified atom stereocenters. The van der Waals surface area contributed by atoms with Crippen molar-refractivity contribution < 1.29 is 18.0 Å². The Morgan fingerprint density at radius 2 is 2.00 bits per heavy atom. The molecule has 1 atom stereocenters. The minimum absolute atomic E-state index is 0.00993. The van der Waals surface area contributed by atoms with Crippen LogP contribution in [-0.2, 0) is 11.0 Å². The Kier molecular flexibility index (Phi) is 5.62. The highest BCUT2D eigenvalue weighted by Crippen LogP contribution is 2.34. The molecule has 1 aliphatic heterocycles. The molecule has 144 valence electrons. The van der Waals surface area contributed by atoms with Crippen molar-refractivity contribution in [1.29, 1.82) is 0 Å². The second-order valence-corrected chi connectivity index (χ2v) is 7.39. The number of hydrogen-bond donors (Lipinski definition) is 1. The van der Waals surface area contributed by atoms with E-state index in [9.17, 15) is 18.0 Å². The minimum Gasteiger partial charge on any atom is -0.353 e. The Morgan fingerprint density at radius 3 is 2.54 bits per heavy atom. The van der Waals surface area contributed by atoms with Gasteiger partial charge in [-0.05, 0) is 31.7 Å². The normalized spacial score (nSPS) is 20.1. The zero-order chi connectivity index (χ0) is 18.9. The van der Waals surface area contributed by atoms with Gasteiger partial charge in [0.05, 0.1) is 17.1 Å². The van der Waals surface area contributed by atoms with Crippen LogP contribution in [0, 0.1) is 5.92 Å². The predicted molar refractivity (Wildman–Crippen MR) is 93.2 cm³/mol. The van der Waals surface area contributed by atoms with Crippen LogP contribution in [0.2, 0.25) is 5.02 Å². The summed E-state index contributed by atoms with van der Waals surface area (Å²) in [6.07, 6.45) is -1.29. The van der Waals surface area contributed by atoms with Crippen LogP contribution in [0.1, 0.15) is 25.3 Å². The minimum atomic E-state index is -4.46. The second-order valence-electron chi connectivity index (χ2n) is 6.98. The third-order valence-electron chi connectivity index (χ3n) is 4.91. The van der Waals surface area contributed by atoms with E-state index in [1.54, 1.807) is 0 Å². The van der Waals surface area contributed by atoms with Gasteiger partial charge in [0.25, 0.3) is 0 Å². The van der Waals surface area contributed by atoms with Gasteiger partial charge in [0.1, 0.15) is 5.82 Å². The molecule has 2 heterocycles. The molecule has 1 saturated heterocycles. The van der Waals surface area contributed by atoms with E-state index < -0.39 is 11.7 Å². The summed E-state index contributed by atoms with van der Waals surface area (Å²) in [6.45, 7) is 4.74. The van der Waals surface area contributed by atoms with E-state index in [2.05, 4.69) is 10.3 Å². The van der Waals surface area contributed by atoms with Crippen molar-refractivity contribution in [3.05, 3.63) is 22.8 Å². The highest BCUT2D eigenvalue weighted by Gasteiger charge is 2.33. The summed E-state index contributed by atoms with van der Waals surface area (Å²) in [7, 11) is 0. The van der Waals surface area contributed by atoms with Crippen molar-refractivity contribution in [3.8, 4) is 0 Å². The number of anilines is 1. The topological polar surface area (TPSA) is 48.5 Å². The lowest BCUT2D eigenvalue weighted by Gasteiger charge is -2.35. The van der Waals surface area contributed by atoms with Crippen LogP contribution in [0.4, 0.5) is 19.0 Å². The molecule has 1 amide bonds. The molecule has 2 fully saturated rings. The Morgan fingerprint density at radius 1 is 1.35 bits per heavy atom. The summed E-state index contributed by atoms with van der Waals surface area (Å²) in [6, 6.07) is 1.13. The van der Waals surface area contributed by atoms with E-state index >= 15 is 0 Å². The molecule has 0 radical (unpaired) electrons. The second kappa shape index (κ2) is 7.60.